The number of aliphatic hydroxyl groups is 1. The van der Waals surface area contributed by atoms with Gasteiger partial charge in [0.05, 0.1) is 0 Å². The molecule has 27 heavy (non-hydrogen) atoms. The molecule has 0 aromatic heterocycles. The molecule has 0 saturated carbocycles. The van der Waals surface area contributed by atoms with Gasteiger partial charge >= 0.3 is 5.97 Å². The number of rotatable bonds is 21. The summed E-state index contributed by atoms with van der Waals surface area (Å²) in [4.78, 5) is 11.4. The summed E-state index contributed by atoms with van der Waals surface area (Å²) in [6.45, 7) is 4.08. The second-order valence-electron chi connectivity index (χ2n) is 8.11. The molecule has 1 atom stereocenters. The summed E-state index contributed by atoms with van der Waals surface area (Å²) < 4.78 is 4.85. The largest absolute Gasteiger partial charge is 0.436 e. The van der Waals surface area contributed by atoms with Crippen molar-refractivity contribution < 1.29 is 14.6 Å². The number of ether oxygens (including phenoxy) is 1. The van der Waals surface area contributed by atoms with Crippen molar-refractivity contribution in [2.24, 2.45) is 0 Å². The van der Waals surface area contributed by atoms with Crippen LogP contribution in [0.4, 0.5) is 0 Å². The summed E-state index contributed by atoms with van der Waals surface area (Å²) >= 11 is 0. The van der Waals surface area contributed by atoms with Crippen LogP contribution < -0.4 is 0 Å². The van der Waals surface area contributed by atoms with Crippen LogP contribution in [0.3, 0.4) is 0 Å². The van der Waals surface area contributed by atoms with Gasteiger partial charge in [-0.3, -0.25) is 4.79 Å². The van der Waals surface area contributed by atoms with Crippen LogP contribution in [0.2, 0.25) is 0 Å². The highest BCUT2D eigenvalue weighted by Gasteiger charge is 2.07. The number of hydrogen-bond acceptors (Lipinski definition) is 3. The van der Waals surface area contributed by atoms with Crippen molar-refractivity contribution >= 4 is 5.97 Å². The fourth-order valence-corrected chi connectivity index (χ4v) is 3.46. The van der Waals surface area contributed by atoms with Gasteiger partial charge in [0.15, 0.2) is 6.29 Å². The Labute approximate surface area is 169 Å². The zero-order valence-electron chi connectivity index (χ0n) is 18.5. The molecule has 1 unspecified atom stereocenters. The van der Waals surface area contributed by atoms with Crippen LogP contribution in [0.5, 0.6) is 0 Å². The third-order valence-electron chi connectivity index (χ3n) is 5.35. The van der Waals surface area contributed by atoms with Gasteiger partial charge in [0.25, 0.3) is 0 Å². The number of carbonyl (C=O) groups excluding carboxylic acids is 1. The fourth-order valence-electron chi connectivity index (χ4n) is 3.46. The van der Waals surface area contributed by atoms with Gasteiger partial charge in [-0.1, -0.05) is 123 Å². The molecule has 0 spiro atoms. The zero-order chi connectivity index (χ0) is 20.0. The monoisotopic (exact) mass is 384 g/mol. The van der Waals surface area contributed by atoms with Crippen LogP contribution in [-0.4, -0.2) is 17.4 Å². The molecule has 0 aromatic carbocycles. The number of esters is 1. The first-order valence-electron chi connectivity index (χ1n) is 12.1. The highest BCUT2D eigenvalue weighted by molar-refractivity contribution is 5.69. The quantitative estimate of drug-likeness (QED) is 0.125. The van der Waals surface area contributed by atoms with E-state index in [4.69, 9.17) is 4.74 Å². The van der Waals surface area contributed by atoms with Gasteiger partial charge in [0.2, 0.25) is 0 Å². The van der Waals surface area contributed by atoms with Crippen molar-refractivity contribution in [3.63, 3.8) is 0 Å². The summed E-state index contributed by atoms with van der Waals surface area (Å²) in [5.41, 5.74) is 0. The molecule has 0 amide bonds. The third kappa shape index (κ3) is 21.6. The lowest BCUT2D eigenvalue weighted by Gasteiger charge is -2.09. The Bertz CT molecular complexity index is 304. The second kappa shape index (κ2) is 21.7. The van der Waals surface area contributed by atoms with E-state index in [2.05, 4.69) is 6.92 Å². The Hall–Kier alpha value is -0.570. The molecule has 1 N–H and O–H groups in total. The first kappa shape index (κ1) is 26.4. The van der Waals surface area contributed by atoms with E-state index in [0.717, 1.165) is 12.8 Å². The summed E-state index contributed by atoms with van der Waals surface area (Å²) in [7, 11) is 0. The zero-order valence-corrected chi connectivity index (χ0v) is 18.5. The molecule has 0 heterocycles. The lowest BCUT2D eigenvalue weighted by molar-refractivity contribution is -0.168. The second-order valence-corrected chi connectivity index (χ2v) is 8.11. The SMILES string of the molecule is CCCCCCCCCCCCCCCCCCCCC(=O)OC(O)CC. The molecule has 3 nitrogen and oxygen atoms in total. The maximum absolute atomic E-state index is 11.4. The maximum Gasteiger partial charge on any atom is 0.308 e. The van der Waals surface area contributed by atoms with Crippen LogP contribution >= 0.6 is 0 Å². The molecule has 0 saturated heterocycles. The summed E-state index contributed by atoms with van der Waals surface area (Å²) in [5, 5.41) is 9.24. The number of aliphatic hydroxyl groups excluding tert-OH is 1. The van der Waals surface area contributed by atoms with Crippen molar-refractivity contribution in [3.05, 3.63) is 0 Å². The molecule has 0 aliphatic rings. The Morgan fingerprint density at radius 3 is 1.30 bits per heavy atom. The topological polar surface area (TPSA) is 46.5 Å². The minimum atomic E-state index is -0.923. The van der Waals surface area contributed by atoms with Gasteiger partial charge in [-0.15, -0.1) is 0 Å². The minimum Gasteiger partial charge on any atom is -0.436 e. The molecule has 162 valence electrons. The van der Waals surface area contributed by atoms with Crippen LogP contribution in [0, 0.1) is 0 Å². The van der Waals surface area contributed by atoms with E-state index in [1.807, 2.05) is 0 Å². The fraction of sp³-hybridized carbons (Fsp3) is 0.958. The lowest BCUT2D eigenvalue weighted by atomic mass is 10.0. The first-order chi connectivity index (χ1) is 13.2. The van der Waals surface area contributed by atoms with E-state index in [-0.39, 0.29) is 5.97 Å². The van der Waals surface area contributed by atoms with Gasteiger partial charge in [0, 0.05) is 12.8 Å². The van der Waals surface area contributed by atoms with Crippen LogP contribution in [0.15, 0.2) is 0 Å². The van der Waals surface area contributed by atoms with Gasteiger partial charge < -0.3 is 9.84 Å². The molecule has 0 radical (unpaired) electrons. The van der Waals surface area contributed by atoms with Crippen molar-refractivity contribution in [1.29, 1.82) is 0 Å². The first-order valence-corrected chi connectivity index (χ1v) is 12.1. The average molecular weight is 385 g/mol. The summed E-state index contributed by atoms with van der Waals surface area (Å²) in [6.07, 6.45) is 24.2. The van der Waals surface area contributed by atoms with E-state index in [9.17, 15) is 9.90 Å². The highest BCUT2D eigenvalue weighted by atomic mass is 16.6. The van der Waals surface area contributed by atoms with E-state index in [1.54, 1.807) is 6.92 Å². The molecule has 3 heteroatoms. The molecule has 0 bridgehead atoms. The molecular weight excluding hydrogens is 336 g/mol. The molecule has 0 aliphatic heterocycles. The Morgan fingerprint density at radius 1 is 0.630 bits per heavy atom. The van der Waals surface area contributed by atoms with Crippen molar-refractivity contribution in [2.75, 3.05) is 0 Å². The predicted octanol–water partition coefficient (Wildman–Crippen LogP) is 7.69. The average Bonchev–Trinajstić information content (AvgIpc) is 2.66. The van der Waals surface area contributed by atoms with Crippen molar-refractivity contribution in [3.8, 4) is 0 Å². The van der Waals surface area contributed by atoms with E-state index < -0.39 is 6.29 Å². The molecule has 0 aromatic rings. The van der Waals surface area contributed by atoms with Crippen molar-refractivity contribution in [2.45, 2.75) is 149 Å². The lowest BCUT2D eigenvalue weighted by Crippen LogP contribution is -2.16. The number of hydrogen-bond donors (Lipinski definition) is 1. The van der Waals surface area contributed by atoms with E-state index in [1.165, 1.54) is 103 Å². The van der Waals surface area contributed by atoms with Crippen molar-refractivity contribution in [1.82, 2.24) is 0 Å². The minimum absolute atomic E-state index is 0.263. The standard InChI is InChI=1S/C24H48O3/c1-3-5-6-7-8-9-10-11-12-13-14-15-16-17-18-19-20-21-22-24(26)27-23(25)4-2/h23,25H,3-22H2,1-2H3. The van der Waals surface area contributed by atoms with Crippen LogP contribution in [-0.2, 0) is 9.53 Å². The van der Waals surface area contributed by atoms with Gasteiger partial charge in [0.1, 0.15) is 0 Å². The van der Waals surface area contributed by atoms with Crippen LogP contribution in [0.25, 0.3) is 0 Å². The predicted molar refractivity (Wildman–Crippen MR) is 116 cm³/mol. The van der Waals surface area contributed by atoms with Gasteiger partial charge in [-0.05, 0) is 6.42 Å². The Balaban J connectivity index is 3.10. The molecule has 0 fully saturated rings. The normalized spacial score (nSPS) is 12.3. The summed E-state index contributed by atoms with van der Waals surface area (Å²) in [5.74, 6) is -0.263. The summed E-state index contributed by atoms with van der Waals surface area (Å²) in [6, 6.07) is 0. The highest BCUT2D eigenvalue weighted by Crippen LogP contribution is 2.14. The third-order valence-corrected chi connectivity index (χ3v) is 5.35. The van der Waals surface area contributed by atoms with Gasteiger partial charge in [-0.25, -0.2) is 0 Å². The molecule has 0 rings (SSSR count). The Morgan fingerprint density at radius 2 is 0.963 bits per heavy atom. The Kier molecular flexibility index (Phi) is 21.3. The number of unbranched alkanes of at least 4 members (excludes halogenated alkanes) is 17. The molecular formula is C24H48O3. The van der Waals surface area contributed by atoms with Gasteiger partial charge in [-0.2, -0.15) is 0 Å². The smallest absolute Gasteiger partial charge is 0.308 e. The van der Waals surface area contributed by atoms with Crippen LogP contribution in [0.1, 0.15) is 142 Å². The number of carbonyl (C=O) groups is 1. The maximum atomic E-state index is 11.4. The molecule has 0 aliphatic carbocycles. The van der Waals surface area contributed by atoms with E-state index >= 15 is 0 Å². The van der Waals surface area contributed by atoms with E-state index in [0.29, 0.717) is 12.8 Å².